The van der Waals surface area contributed by atoms with Gasteiger partial charge in [-0.05, 0) is 69.1 Å². The molecule has 590 valence electrons. The average molecular weight is 1460 g/mol. The molecule has 0 rings (SSSR count). The molecule has 0 aromatic heterocycles. The summed E-state index contributed by atoms with van der Waals surface area (Å²) in [5.74, 6) is 0.177. The number of allylic oxidation sites excluding steroid dienone is 4. The molecule has 5 atom stereocenters. The van der Waals surface area contributed by atoms with Crippen LogP contribution in [-0.2, 0) is 65.4 Å². The molecule has 0 saturated carbocycles. The van der Waals surface area contributed by atoms with E-state index in [4.69, 9.17) is 37.0 Å². The molecular weight excluding hydrogens is 1310 g/mol. The topological polar surface area (TPSA) is 237 Å². The maximum atomic E-state index is 13.1. The van der Waals surface area contributed by atoms with Crippen LogP contribution < -0.4 is 0 Å². The molecule has 0 aromatic rings. The van der Waals surface area contributed by atoms with Crippen LogP contribution in [0, 0.1) is 17.8 Å². The third-order valence-corrected chi connectivity index (χ3v) is 20.2. The van der Waals surface area contributed by atoms with Crippen molar-refractivity contribution in [3.05, 3.63) is 24.3 Å². The first-order valence-electron chi connectivity index (χ1n) is 41.2. The van der Waals surface area contributed by atoms with E-state index in [-0.39, 0.29) is 25.7 Å². The predicted molar refractivity (Wildman–Crippen MR) is 409 cm³/mol. The predicted octanol–water partition coefficient (Wildman–Crippen LogP) is 23.7. The van der Waals surface area contributed by atoms with Crippen LogP contribution in [0.3, 0.4) is 0 Å². The maximum Gasteiger partial charge on any atom is 0.472 e. The van der Waals surface area contributed by atoms with Gasteiger partial charge in [-0.3, -0.25) is 37.3 Å². The van der Waals surface area contributed by atoms with Gasteiger partial charge in [0.2, 0.25) is 0 Å². The Kier molecular flexibility index (Phi) is 69.1. The molecule has 19 heteroatoms. The zero-order valence-corrected chi connectivity index (χ0v) is 66.9. The Hall–Kier alpha value is -2.46. The molecule has 0 radical (unpaired) electrons. The minimum absolute atomic E-state index is 0.101. The maximum absolute atomic E-state index is 13.1. The van der Waals surface area contributed by atoms with Crippen molar-refractivity contribution in [3.8, 4) is 0 Å². The molecule has 0 aliphatic rings. The second kappa shape index (κ2) is 70.8. The number of hydrogen-bond acceptors (Lipinski definition) is 15. The van der Waals surface area contributed by atoms with Crippen molar-refractivity contribution in [3.63, 3.8) is 0 Å². The van der Waals surface area contributed by atoms with Gasteiger partial charge in [0, 0.05) is 25.7 Å². The van der Waals surface area contributed by atoms with Gasteiger partial charge >= 0.3 is 39.5 Å². The van der Waals surface area contributed by atoms with Gasteiger partial charge in [0.25, 0.3) is 0 Å². The lowest BCUT2D eigenvalue weighted by atomic mass is 10.0. The number of hydrogen-bond donors (Lipinski definition) is 3. The minimum atomic E-state index is -4.97. The molecule has 0 aromatic carbocycles. The zero-order valence-electron chi connectivity index (χ0n) is 65.2. The highest BCUT2D eigenvalue weighted by molar-refractivity contribution is 7.47. The largest absolute Gasteiger partial charge is 0.472 e. The number of carbonyl (C=O) groups is 4. The fraction of sp³-hybridized carbons (Fsp3) is 0.901. The second-order valence-electron chi connectivity index (χ2n) is 29.9. The summed E-state index contributed by atoms with van der Waals surface area (Å²) in [4.78, 5) is 73.0. The molecular formula is C81H154O17P2. The normalized spacial score (nSPS) is 14.1. The van der Waals surface area contributed by atoms with E-state index in [1.165, 1.54) is 186 Å². The molecule has 100 heavy (non-hydrogen) atoms. The number of aliphatic hydroxyl groups excluding tert-OH is 1. The summed E-state index contributed by atoms with van der Waals surface area (Å²) >= 11 is 0. The molecule has 0 amide bonds. The number of esters is 4. The summed E-state index contributed by atoms with van der Waals surface area (Å²) in [6, 6.07) is 0. The molecule has 2 unspecified atom stereocenters. The van der Waals surface area contributed by atoms with Gasteiger partial charge in [-0.15, -0.1) is 0 Å². The highest BCUT2D eigenvalue weighted by Gasteiger charge is 2.30. The van der Waals surface area contributed by atoms with Crippen LogP contribution in [0.4, 0.5) is 0 Å². The van der Waals surface area contributed by atoms with Crippen molar-refractivity contribution in [2.24, 2.45) is 17.8 Å². The van der Waals surface area contributed by atoms with Crippen LogP contribution in [0.1, 0.15) is 395 Å². The second-order valence-corrected chi connectivity index (χ2v) is 32.8. The van der Waals surface area contributed by atoms with Gasteiger partial charge < -0.3 is 33.8 Å². The van der Waals surface area contributed by atoms with E-state index in [1.807, 2.05) is 0 Å². The third kappa shape index (κ3) is 73.8. The summed E-state index contributed by atoms with van der Waals surface area (Å²) in [5.41, 5.74) is 0. The lowest BCUT2D eigenvalue weighted by Gasteiger charge is -2.21. The van der Waals surface area contributed by atoms with Crippen molar-refractivity contribution in [2.45, 2.75) is 414 Å². The summed E-state index contributed by atoms with van der Waals surface area (Å²) in [6.07, 6.45) is 61.8. The highest BCUT2D eigenvalue weighted by atomic mass is 31.2. The Balaban J connectivity index is 5.30. The Morgan fingerprint density at radius 1 is 0.310 bits per heavy atom. The van der Waals surface area contributed by atoms with Crippen LogP contribution in [0.2, 0.25) is 0 Å². The number of phosphoric acid groups is 2. The Labute approximate surface area is 612 Å². The zero-order chi connectivity index (χ0) is 73.7. The SMILES string of the molecule is CCCCCC/C=C\C=C/CCCCCCCC(=O)OC[C@H](COP(=O)(O)OC[C@@H](O)COP(=O)(O)OC[C@@H](COC(=O)CCCCCCCCCCCC(C)C)OC(=O)CCCCCCCCCCCCCCC(C)C)OC(=O)CCCCCCCCCCCCCCCCCC(C)C. The molecule has 0 spiro atoms. The van der Waals surface area contributed by atoms with Gasteiger partial charge in [0.05, 0.1) is 26.4 Å². The molecule has 17 nitrogen and oxygen atoms in total. The van der Waals surface area contributed by atoms with E-state index in [1.54, 1.807) is 0 Å². The first-order valence-corrected chi connectivity index (χ1v) is 44.2. The first-order chi connectivity index (χ1) is 48.2. The highest BCUT2D eigenvalue weighted by Crippen LogP contribution is 2.45. The number of rotatable bonds is 77. The molecule has 0 heterocycles. The lowest BCUT2D eigenvalue weighted by molar-refractivity contribution is -0.161. The summed E-state index contributed by atoms with van der Waals surface area (Å²) in [5, 5.41) is 10.6. The van der Waals surface area contributed by atoms with Gasteiger partial charge in [0.1, 0.15) is 19.3 Å². The molecule has 0 fully saturated rings. The Bertz CT molecular complexity index is 2030. The van der Waals surface area contributed by atoms with Crippen LogP contribution in [0.25, 0.3) is 0 Å². The molecule has 0 bridgehead atoms. The van der Waals surface area contributed by atoms with Crippen LogP contribution in [0.5, 0.6) is 0 Å². The molecule has 0 aliphatic heterocycles. The smallest absolute Gasteiger partial charge is 0.462 e. The quantitative estimate of drug-likeness (QED) is 0.0169. The number of carbonyl (C=O) groups excluding carboxylic acids is 4. The monoisotopic (exact) mass is 1460 g/mol. The molecule has 3 N–H and O–H groups in total. The van der Waals surface area contributed by atoms with Gasteiger partial charge in [-0.25, -0.2) is 9.13 Å². The van der Waals surface area contributed by atoms with E-state index >= 15 is 0 Å². The van der Waals surface area contributed by atoms with Gasteiger partial charge in [-0.1, -0.05) is 342 Å². The van der Waals surface area contributed by atoms with Crippen LogP contribution in [0.15, 0.2) is 24.3 Å². The summed E-state index contributed by atoms with van der Waals surface area (Å²) < 4.78 is 68.7. The van der Waals surface area contributed by atoms with E-state index in [2.05, 4.69) is 72.8 Å². The number of phosphoric ester groups is 2. The van der Waals surface area contributed by atoms with E-state index in [9.17, 15) is 43.2 Å². The van der Waals surface area contributed by atoms with Crippen molar-refractivity contribution < 1.29 is 80.2 Å². The van der Waals surface area contributed by atoms with Gasteiger partial charge in [-0.2, -0.15) is 0 Å². The van der Waals surface area contributed by atoms with Crippen LogP contribution in [-0.4, -0.2) is 96.7 Å². The Morgan fingerprint density at radius 3 is 0.810 bits per heavy atom. The number of aliphatic hydroxyl groups is 1. The number of unbranched alkanes of at least 4 members (excludes halogenated alkanes) is 42. The first kappa shape index (κ1) is 97.5. The van der Waals surface area contributed by atoms with E-state index in [0.717, 1.165) is 127 Å². The lowest BCUT2D eigenvalue weighted by Crippen LogP contribution is -2.30. The third-order valence-electron chi connectivity index (χ3n) is 18.3. The van der Waals surface area contributed by atoms with Crippen molar-refractivity contribution in [2.75, 3.05) is 39.6 Å². The Morgan fingerprint density at radius 2 is 0.540 bits per heavy atom. The molecule has 0 aliphatic carbocycles. The molecule has 0 saturated heterocycles. The number of ether oxygens (including phenoxy) is 4. The fourth-order valence-corrected chi connectivity index (χ4v) is 13.5. The van der Waals surface area contributed by atoms with E-state index in [0.29, 0.717) is 25.7 Å². The van der Waals surface area contributed by atoms with Crippen LogP contribution >= 0.6 is 15.6 Å². The van der Waals surface area contributed by atoms with Crippen molar-refractivity contribution >= 4 is 39.5 Å². The fourth-order valence-electron chi connectivity index (χ4n) is 11.9. The van der Waals surface area contributed by atoms with Gasteiger partial charge in [0.15, 0.2) is 12.2 Å². The minimum Gasteiger partial charge on any atom is -0.462 e. The summed E-state index contributed by atoms with van der Waals surface area (Å²) in [6.45, 7) is 11.9. The van der Waals surface area contributed by atoms with Crippen molar-refractivity contribution in [1.29, 1.82) is 0 Å². The van der Waals surface area contributed by atoms with Crippen molar-refractivity contribution in [1.82, 2.24) is 0 Å². The average Bonchev–Trinajstić information content (AvgIpc) is 0.938. The standard InChI is InChI=1S/C81H154O17P2/c1-8-9-10-11-12-13-14-15-17-21-27-34-41-48-55-62-78(83)91-68-76(97-80(85)64-57-50-43-35-28-22-19-16-18-20-25-31-38-45-52-59-72(2)3)70-95-99(87,88)93-66-75(82)67-94-100(89,90)96-71-77(69-92-79(84)63-56-49-42-37-30-33-40-47-54-61-74(6)7)98-81(86)65-58-51-44-36-29-24-23-26-32-39-46-53-60-73(4)5/h13-15,17,72-77,82H,8-12,16,18-71H2,1-7H3,(H,87,88)(H,89,90)/b14-13-,17-15-/t75-,76-,77-/m1/s1. The van der Waals surface area contributed by atoms with E-state index < -0.39 is 97.5 Å². The summed E-state index contributed by atoms with van der Waals surface area (Å²) in [7, 11) is -9.93.